The van der Waals surface area contributed by atoms with Gasteiger partial charge in [0.15, 0.2) is 11.6 Å². The van der Waals surface area contributed by atoms with E-state index in [2.05, 4.69) is 0 Å². The molecule has 1 unspecified atom stereocenters. The quantitative estimate of drug-likeness (QED) is 0.914. The second kappa shape index (κ2) is 5.61. The van der Waals surface area contributed by atoms with E-state index in [0.717, 1.165) is 17.7 Å². The molecule has 0 heterocycles. The molecule has 1 atom stereocenters. The third kappa shape index (κ3) is 3.16. The van der Waals surface area contributed by atoms with Gasteiger partial charge in [-0.05, 0) is 23.3 Å². The number of carboxylic acid groups (broad SMARTS) is 1. The van der Waals surface area contributed by atoms with Crippen LogP contribution in [0.1, 0.15) is 23.5 Å². The Morgan fingerprint density at radius 2 is 1.68 bits per heavy atom. The number of carbonyl (C=O) groups is 1. The van der Waals surface area contributed by atoms with E-state index in [4.69, 9.17) is 5.11 Å². The van der Waals surface area contributed by atoms with Gasteiger partial charge in [0.1, 0.15) is 0 Å². The van der Waals surface area contributed by atoms with E-state index in [0.29, 0.717) is 5.56 Å². The summed E-state index contributed by atoms with van der Waals surface area (Å²) < 4.78 is 26.2. The number of halogens is 2. The molecule has 2 nitrogen and oxygen atoms in total. The summed E-state index contributed by atoms with van der Waals surface area (Å²) in [4.78, 5) is 10.9. The van der Waals surface area contributed by atoms with Crippen molar-refractivity contribution >= 4 is 5.97 Å². The average molecular weight is 262 g/mol. The SMILES string of the molecule is O=C(O)CC(c1ccccc1)c1ccc(F)c(F)c1. The summed E-state index contributed by atoms with van der Waals surface area (Å²) in [5.74, 6) is -3.39. The number of hydrogen-bond acceptors (Lipinski definition) is 1. The highest BCUT2D eigenvalue weighted by molar-refractivity contribution is 5.69. The highest BCUT2D eigenvalue weighted by Gasteiger charge is 2.19. The molecule has 0 saturated carbocycles. The molecule has 0 amide bonds. The second-order valence-electron chi connectivity index (χ2n) is 4.23. The zero-order valence-corrected chi connectivity index (χ0v) is 10.0. The van der Waals surface area contributed by atoms with Crippen LogP contribution in [0.2, 0.25) is 0 Å². The molecule has 0 radical (unpaired) electrons. The molecule has 0 fully saturated rings. The van der Waals surface area contributed by atoms with Crippen LogP contribution in [0.5, 0.6) is 0 Å². The van der Waals surface area contributed by atoms with E-state index in [1.165, 1.54) is 6.07 Å². The van der Waals surface area contributed by atoms with Gasteiger partial charge in [-0.2, -0.15) is 0 Å². The molecule has 1 N–H and O–H groups in total. The van der Waals surface area contributed by atoms with E-state index < -0.39 is 23.5 Å². The monoisotopic (exact) mass is 262 g/mol. The maximum atomic E-state index is 13.3. The van der Waals surface area contributed by atoms with Crippen molar-refractivity contribution in [3.63, 3.8) is 0 Å². The van der Waals surface area contributed by atoms with Gasteiger partial charge in [-0.25, -0.2) is 8.78 Å². The normalized spacial score (nSPS) is 12.1. The van der Waals surface area contributed by atoms with Crippen molar-refractivity contribution in [2.45, 2.75) is 12.3 Å². The van der Waals surface area contributed by atoms with Crippen LogP contribution in [0.3, 0.4) is 0 Å². The molecule has 0 bridgehead atoms. The van der Waals surface area contributed by atoms with Crippen molar-refractivity contribution in [3.8, 4) is 0 Å². The van der Waals surface area contributed by atoms with Gasteiger partial charge in [0, 0.05) is 5.92 Å². The molecule has 0 aliphatic carbocycles. The summed E-state index contributed by atoms with van der Waals surface area (Å²) in [5.41, 5.74) is 1.21. The lowest BCUT2D eigenvalue weighted by atomic mass is 9.88. The van der Waals surface area contributed by atoms with E-state index in [1.807, 2.05) is 6.07 Å². The van der Waals surface area contributed by atoms with Crippen LogP contribution >= 0.6 is 0 Å². The minimum absolute atomic E-state index is 0.172. The molecule has 19 heavy (non-hydrogen) atoms. The van der Waals surface area contributed by atoms with Crippen LogP contribution < -0.4 is 0 Å². The van der Waals surface area contributed by atoms with Crippen LogP contribution in [-0.4, -0.2) is 11.1 Å². The topological polar surface area (TPSA) is 37.3 Å². The zero-order valence-electron chi connectivity index (χ0n) is 10.0. The van der Waals surface area contributed by atoms with Crippen molar-refractivity contribution < 1.29 is 18.7 Å². The van der Waals surface area contributed by atoms with Gasteiger partial charge in [0.2, 0.25) is 0 Å². The highest BCUT2D eigenvalue weighted by Crippen LogP contribution is 2.28. The maximum absolute atomic E-state index is 13.3. The first kappa shape index (κ1) is 13.2. The molecule has 4 heteroatoms. The highest BCUT2D eigenvalue weighted by atomic mass is 19.2. The largest absolute Gasteiger partial charge is 0.481 e. The van der Waals surface area contributed by atoms with Gasteiger partial charge in [0.05, 0.1) is 6.42 Å². The van der Waals surface area contributed by atoms with Crippen LogP contribution in [0, 0.1) is 11.6 Å². The fourth-order valence-corrected chi connectivity index (χ4v) is 2.02. The predicted octanol–water partition coefficient (Wildman–Crippen LogP) is 3.57. The summed E-state index contributed by atoms with van der Waals surface area (Å²) >= 11 is 0. The first-order chi connectivity index (χ1) is 9.08. The zero-order chi connectivity index (χ0) is 13.8. The molecule has 0 saturated heterocycles. The molecular weight excluding hydrogens is 250 g/mol. The third-order valence-electron chi connectivity index (χ3n) is 2.93. The average Bonchev–Trinajstić information content (AvgIpc) is 2.40. The van der Waals surface area contributed by atoms with Crippen molar-refractivity contribution in [1.29, 1.82) is 0 Å². The van der Waals surface area contributed by atoms with Crippen LogP contribution in [0.4, 0.5) is 8.78 Å². The van der Waals surface area contributed by atoms with Gasteiger partial charge < -0.3 is 5.11 Å². The molecule has 0 aliphatic rings. The Kier molecular flexibility index (Phi) is 3.90. The fraction of sp³-hybridized carbons (Fsp3) is 0.133. The molecule has 2 aromatic rings. The van der Waals surface area contributed by atoms with Gasteiger partial charge in [-0.15, -0.1) is 0 Å². The molecule has 0 aromatic heterocycles. The number of benzene rings is 2. The molecular formula is C15H12F2O2. The molecule has 98 valence electrons. The first-order valence-corrected chi connectivity index (χ1v) is 5.79. The van der Waals surface area contributed by atoms with Gasteiger partial charge in [0.25, 0.3) is 0 Å². The van der Waals surface area contributed by atoms with E-state index >= 15 is 0 Å². The summed E-state index contributed by atoms with van der Waals surface area (Å²) in [6.07, 6.45) is -0.172. The molecule has 0 aliphatic heterocycles. The summed E-state index contributed by atoms with van der Waals surface area (Å²) in [6.45, 7) is 0. The Morgan fingerprint density at radius 1 is 1.00 bits per heavy atom. The van der Waals surface area contributed by atoms with E-state index in [1.54, 1.807) is 24.3 Å². The lowest BCUT2D eigenvalue weighted by Crippen LogP contribution is -2.08. The second-order valence-corrected chi connectivity index (χ2v) is 4.23. The van der Waals surface area contributed by atoms with Crippen LogP contribution in [0.15, 0.2) is 48.5 Å². The van der Waals surface area contributed by atoms with Gasteiger partial charge >= 0.3 is 5.97 Å². The molecule has 2 rings (SSSR count). The van der Waals surface area contributed by atoms with E-state index in [-0.39, 0.29) is 6.42 Å². The van der Waals surface area contributed by atoms with Gasteiger partial charge in [-0.3, -0.25) is 4.79 Å². The fourth-order valence-electron chi connectivity index (χ4n) is 2.02. The molecule has 2 aromatic carbocycles. The minimum atomic E-state index is -0.987. The first-order valence-electron chi connectivity index (χ1n) is 5.79. The summed E-state index contributed by atoms with van der Waals surface area (Å²) in [5, 5.41) is 8.96. The Balaban J connectivity index is 2.42. The number of rotatable bonds is 4. The Bertz CT molecular complexity index is 582. The number of hydrogen-bond donors (Lipinski definition) is 1. The predicted molar refractivity (Wildman–Crippen MR) is 66.9 cm³/mol. The van der Waals surface area contributed by atoms with Crippen molar-refractivity contribution in [3.05, 3.63) is 71.3 Å². The lowest BCUT2D eigenvalue weighted by Gasteiger charge is -2.16. The number of carboxylic acids is 1. The van der Waals surface area contributed by atoms with Crippen molar-refractivity contribution in [1.82, 2.24) is 0 Å². The Labute approximate surface area is 109 Å². The third-order valence-corrected chi connectivity index (χ3v) is 2.93. The van der Waals surface area contributed by atoms with E-state index in [9.17, 15) is 13.6 Å². The Morgan fingerprint density at radius 3 is 2.26 bits per heavy atom. The van der Waals surface area contributed by atoms with Crippen LogP contribution in [-0.2, 0) is 4.79 Å². The standard InChI is InChI=1S/C15H12F2O2/c16-13-7-6-11(8-14(13)17)12(9-15(18)19)10-4-2-1-3-5-10/h1-8,12H,9H2,(H,18,19). The smallest absolute Gasteiger partial charge is 0.304 e. The summed E-state index contributed by atoms with van der Waals surface area (Å²) in [7, 11) is 0. The van der Waals surface area contributed by atoms with Crippen LogP contribution in [0.25, 0.3) is 0 Å². The molecule has 0 spiro atoms. The van der Waals surface area contributed by atoms with Crippen molar-refractivity contribution in [2.24, 2.45) is 0 Å². The Hall–Kier alpha value is -2.23. The minimum Gasteiger partial charge on any atom is -0.481 e. The number of aliphatic carboxylic acids is 1. The summed E-state index contributed by atoms with van der Waals surface area (Å²) in [6, 6.07) is 12.4. The van der Waals surface area contributed by atoms with Gasteiger partial charge in [-0.1, -0.05) is 36.4 Å². The lowest BCUT2D eigenvalue weighted by molar-refractivity contribution is -0.137. The maximum Gasteiger partial charge on any atom is 0.304 e. The van der Waals surface area contributed by atoms with Crippen molar-refractivity contribution in [2.75, 3.05) is 0 Å².